The Hall–Kier alpha value is -2.12. The highest BCUT2D eigenvalue weighted by Gasteiger charge is 2.20. The number of sulfonamides is 1. The van der Waals surface area contributed by atoms with Crippen LogP contribution in [0.15, 0.2) is 53.6 Å². The van der Waals surface area contributed by atoms with Crippen molar-refractivity contribution >= 4 is 21.5 Å². The smallest absolute Gasteiger partial charge is 0.241 e. The fraction of sp³-hybridized carbons (Fsp3) is 0.353. The molecule has 7 heteroatoms. The number of piperidine rings is 1. The summed E-state index contributed by atoms with van der Waals surface area (Å²) in [5.41, 5.74) is 1.26. The zero-order valence-electron chi connectivity index (χ0n) is 13.6. The van der Waals surface area contributed by atoms with Gasteiger partial charge in [0.2, 0.25) is 10.0 Å². The Morgan fingerprint density at radius 2 is 1.79 bits per heavy atom. The Morgan fingerprint density at radius 1 is 1.08 bits per heavy atom. The van der Waals surface area contributed by atoms with Crippen molar-refractivity contribution < 1.29 is 8.42 Å². The van der Waals surface area contributed by atoms with Crippen LogP contribution in [0.4, 0.5) is 11.5 Å². The zero-order chi connectivity index (χ0) is 17.0. The minimum atomic E-state index is -3.43. The first-order chi connectivity index (χ1) is 11.6. The Kier molecular flexibility index (Phi) is 5.01. The van der Waals surface area contributed by atoms with Gasteiger partial charge < -0.3 is 10.2 Å². The molecule has 6 nitrogen and oxygen atoms in total. The van der Waals surface area contributed by atoms with E-state index < -0.39 is 10.0 Å². The summed E-state index contributed by atoms with van der Waals surface area (Å²) in [4.78, 5) is 6.78. The molecule has 2 heterocycles. The van der Waals surface area contributed by atoms with Crippen molar-refractivity contribution in [3.8, 4) is 0 Å². The van der Waals surface area contributed by atoms with E-state index >= 15 is 0 Å². The average Bonchev–Trinajstić information content (AvgIpc) is 2.63. The molecule has 24 heavy (non-hydrogen) atoms. The molecule has 1 aromatic heterocycles. The van der Waals surface area contributed by atoms with E-state index in [1.807, 2.05) is 6.07 Å². The lowest BCUT2D eigenvalue weighted by molar-refractivity contribution is 0.525. The fourth-order valence-corrected chi connectivity index (χ4v) is 3.55. The lowest BCUT2D eigenvalue weighted by Gasteiger charge is -2.34. The predicted molar refractivity (Wildman–Crippen MR) is 95.8 cm³/mol. The van der Waals surface area contributed by atoms with Gasteiger partial charge in [-0.1, -0.05) is 18.2 Å². The molecule has 1 aliphatic rings. The van der Waals surface area contributed by atoms with Crippen LogP contribution in [0.3, 0.4) is 0 Å². The maximum absolute atomic E-state index is 11.7. The van der Waals surface area contributed by atoms with Crippen molar-refractivity contribution in [2.75, 3.05) is 30.4 Å². The minimum Gasteiger partial charge on any atom is -0.371 e. The van der Waals surface area contributed by atoms with E-state index in [1.165, 1.54) is 18.9 Å². The lowest BCUT2D eigenvalue weighted by Crippen LogP contribution is -2.39. The van der Waals surface area contributed by atoms with Crippen molar-refractivity contribution in [3.63, 3.8) is 0 Å². The first-order valence-electron chi connectivity index (χ1n) is 8.04. The summed E-state index contributed by atoms with van der Waals surface area (Å²) in [6.07, 6.45) is 3.42. The van der Waals surface area contributed by atoms with Gasteiger partial charge in [0.05, 0.1) is 0 Å². The number of nitrogens with one attached hydrogen (secondary N) is 2. The molecule has 0 atom stereocenters. The number of hydrogen-bond donors (Lipinski definition) is 2. The van der Waals surface area contributed by atoms with E-state index in [0.29, 0.717) is 11.9 Å². The molecule has 0 bridgehead atoms. The molecule has 3 rings (SSSR count). The third kappa shape index (κ3) is 3.85. The summed E-state index contributed by atoms with van der Waals surface area (Å²) in [6.45, 7) is 1.99. The third-order valence-corrected chi connectivity index (χ3v) is 5.68. The van der Waals surface area contributed by atoms with Crippen LogP contribution in [0.2, 0.25) is 0 Å². The summed E-state index contributed by atoms with van der Waals surface area (Å²) >= 11 is 0. The van der Waals surface area contributed by atoms with Crippen LogP contribution in [0.5, 0.6) is 0 Å². The number of anilines is 2. The molecule has 0 amide bonds. The molecule has 1 aromatic carbocycles. The normalized spacial score (nSPS) is 16.1. The van der Waals surface area contributed by atoms with Gasteiger partial charge in [-0.15, -0.1) is 0 Å². The number of nitrogens with zero attached hydrogens (tertiary/aromatic N) is 2. The summed E-state index contributed by atoms with van der Waals surface area (Å²) in [5, 5.41) is 3.40. The summed E-state index contributed by atoms with van der Waals surface area (Å²) in [5.74, 6) is 0.711. The van der Waals surface area contributed by atoms with Crippen LogP contribution >= 0.6 is 0 Å². The van der Waals surface area contributed by atoms with E-state index in [0.717, 1.165) is 25.9 Å². The molecule has 128 valence electrons. The summed E-state index contributed by atoms with van der Waals surface area (Å²) < 4.78 is 25.7. The Bertz CT molecular complexity index is 755. The van der Waals surface area contributed by atoms with Gasteiger partial charge in [0.25, 0.3) is 0 Å². The molecule has 0 unspecified atom stereocenters. The lowest BCUT2D eigenvalue weighted by atomic mass is 10.0. The molecule has 2 aromatic rings. The van der Waals surface area contributed by atoms with Gasteiger partial charge in [0, 0.05) is 31.0 Å². The number of para-hydroxylation sites is 1. The standard InChI is InChI=1S/C17H22N4O2S/c1-18-24(22,23)16-7-8-17(19-13-16)20-14-9-11-21(12-10-14)15-5-3-2-4-6-15/h2-8,13-14,18H,9-12H2,1H3,(H,19,20). The third-order valence-electron chi connectivity index (χ3n) is 4.28. The maximum atomic E-state index is 11.7. The Morgan fingerprint density at radius 3 is 2.38 bits per heavy atom. The Labute approximate surface area is 143 Å². The molecule has 0 aliphatic carbocycles. The molecule has 2 N–H and O–H groups in total. The highest BCUT2D eigenvalue weighted by Crippen LogP contribution is 2.21. The summed E-state index contributed by atoms with van der Waals surface area (Å²) in [7, 11) is -2.04. The Balaban J connectivity index is 1.57. The quantitative estimate of drug-likeness (QED) is 0.867. The van der Waals surface area contributed by atoms with E-state index in [9.17, 15) is 8.42 Å². The molecule has 1 saturated heterocycles. The number of benzene rings is 1. The summed E-state index contributed by atoms with van der Waals surface area (Å²) in [6, 6.07) is 14.1. The predicted octanol–water partition coefficient (Wildman–Crippen LogP) is 2.07. The van der Waals surface area contributed by atoms with Gasteiger partial charge in [0.1, 0.15) is 10.7 Å². The van der Waals surface area contributed by atoms with E-state index in [-0.39, 0.29) is 4.90 Å². The molecule has 0 saturated carbocycles. The van der Waals surface area contributed by atoms with Crippen molar-refractivity contribution in [2.24, 2.45) is 0 Å². The van der Waals surface area contributed by atoms with Crippen LogP contribution in [0.1, 0.15) is 12.8 Å². The topological polar surface area (TPSA) is 74.3 Å². The van der Waals surface area contributed by atoms with E-state index in [1.54, 1.807) is 12.1 Å². The van der Waals surface area contributed by atoms with Gasteiger partial charge in [-0.2, -0.15) is 0 Å². The van der Waals surface area contributed by atoms with Crippen molar-refractivity contribution in [1.29, 1.82) is 0 Å². The largest absolute Gasteiger partial charge is 0.371 e. The average molecular weight is 346 g/mol. The van der Waals surface area contributed by atoms with Crippen LogP contribution < -0.4 is 14.9 Å². The molecular weight excluding hydrogens is 324 g/mol. The van der Waals surface area contributed by atoms with Crippen molar-refractivity contribution in [2.45, 2.75) is 23.8 Å². The number of aromatic nitrogens is 1. The van der Waals surface area contributed by atoms with E-state index in [4.69, 9.17) is 0 Å². The maximum Gasteiger partial charge on any atom is 0.241 e. The van der Waals surface area contributed by atoms with Gasteiger partial charge in [-0.05, 0) is 44.2 Å². The van der Waals surface area contributed by atoms with Crippen LogP contribution in [0, 0.1) is 0 Å². The van der Waals surface area contributed by atoms with E-state index in [2.05, 4.69) is 44.2 Å². The van der Waals surface area contributed by atoms with Gasteiger partial charge in [-0.3, -0.25) is 0 Å². The van der Waals surface area contributed by atoms with Crippen LogP contribution in [0.25, 0.3) is 0 Å². The fourth-order valence-electron chi connectivity index (χ4n) is 2.87. The van der Waals surface area contributed by atoms with Crippen LogP contribution in [-0.4, -0.2) is 39.6 Å². The van der Waals surface area contributed by atoms with Gasteiger partial charge in [-0.25, -0.2) is 18.1 Å². The highest BCUT2D eigenvalue weighted by atomic mass is 32.2. The molecule has 1 fully saturated rings. The SMILES string of the molecule is CNS(=O)(=O)c1ccc(NC2CCN(c3ccccc3)CC2)nc1. The number of rotatable bonds is 5. The van der Waals surface area contributed by atoms with Crippen molar-refractivity contribution in [1.82, 2.24) is 9.71 Å². The molecule has 0 radical (unpaired) electrons. The molecular formula is C17H22N4O2S. The molecule has 1 aliphatic heterocycles. The van der Waals surface area contributed by atoms with Crippen molar-refractivity contribution in [3.05, 3.63) is 48.7 Å². The second-order valence-electron chi connectivity index (χ2n) is 5.83. The monoisotopic (exact) mass is 346 g/mol. The zero-order valence-corrected chi connectivity index (χ0v) is 14.5. The first kappa shape index (κ1) is 16.7. The van der Waals surface area contributed by atoms with Crippen LogP contribution in [-0.2, 0) is 10.0 Å². The highest BCUT2D eigenvalue weighted by molar-refractivity contribution is 7.89. The minimum absolute atomic E-state index is 0.175. The number of hydrogen-bond acceptors (Lipinski definition) is 5. The van der Waals surface area contributed by atoms with Gasteiger partial charge >= 0.3 is 0 Å². The van der Waals surface area contributed by atoms with Gasteiger partial charge in [0.15, 0.2) is 0 Å². The first-order valence-corrected chi connectivity index (χ1v) is 9.53. The molecule has 0 spiro atoms. The number of pyridine rings is 1. The second kappa shape index (κ2) is 7.19. The second-order valence-corrected chi connectivity index (χ2v) is 7.71.